The van der Waals surface area contributed by atoms with Crippen molar-refractivity contribution in [3.05, 3.63) is 75.9 Å². The Balaban J connectivity index is 1.60. The first kappa shape index (κ1) is 17.9. The number of halogens is 4. The third-order valence-electron chi connectivity index (χ3n) is 3.52. The van der Waals surface area contributed by atoms with Gasteiger partial charge in [0.25, 0.3) is 0 Å². The highest BCUT2D eigenvalue weighted by molar-refractivity contribution is 7.15. The monoisotopic (exact) mass is 382 g/mol. The molecular weight excluding hydrogens is 369 g/mol. The van der Waals surface area contributed by atoms with Crippen LogP contribution in [0.1, 0.15) is 16.1 Å². The molecule has 0 amide bonds. The van der Waals surface area contributed by atoms with Crippen molar-refractivity contribution in [2.24, 2.45) is 0 Å². The number of nitrogens with zero attached hydrogens (tertiary/aromatic N) is 1. The highest BCUT2D eigenvalue weighted by Crippen LogP contribution is 2.30. The van der Waals surface area contributed by atoms with Crippen LogP contribution in [-0.4, -0.2) is 4.98 Å². The van der Waals surface area contributed by atoms with Crippen LogP contribution in [0.15, 0.2) is 54.7 Å². The standard InChI is InChI=1S/C18H14ClF3N2S/c19-15-6-2-4-13(8-15)16-10-24-17(25-16)11-23-9-12-3-1-5-14(7-12)18(20,21)22/h1-8,10,23H,9,11H2. The van der Waals surface area contributed by atoms with Crippen LogP contribution in [0.4, 0.5) is 13.2 Å². The zero-order valence-electron chi connectivity index (χ0n) is 13.0. The van der Waals surface area contributed by atoms with Crippen molar-refractivity contribution >= 4 is 22.9 Å². The quantitative estimate of drug-likeness (QED) is 0.605. The van der Waals surface area contributed by atoms with Crippen LogP contribution in [0, 0.1) is 0 Å². The zero-order chi connectivity index (χ0) is 17.9. The Hall–Kier alpha value is -1.89. The molecule has 7 heteroatoms. The van der Waals surface area contributed by atoms with E-state index in [1.807, 2.05) is 24.3 Å². The summed E-state index contributed by atoms with van der Waals surface area (Å²) in [7, 11) is 0. The van der Waals surface area contributed by atoms with Gasteiger partial charge in [0.05, 0.1) is 10.4 Å². The zero-order valence-corrected chi connectivity index (χ0v) is 14.6. The predicted molar refractivity (Wildman–Crippen MR) is 94.5 cm³/mol. The van der Waals surface area contributed by atoms with Crippen molar-refractivity contribution in [2.75, 3.05) is 0 Å². The van der Waals surface area contributed by atoms with Gasteiger partial charge in [-0.3, -0.25) is 0 Å². The lowest BCUT2D eigenvalue weighted by molar-refractivity contribution is -0.137. The van der Waals surface area contributed by atoms with Gasteiger partial charge >= 0.3 is 6.18 Å². The summed E-state index contributed by atoms with van der Waals surface area (Å²) in [5.41, 5.74) is 0.944. The minimum absolute atomic E-state index is 0.343. The Labute approximate surface area is 152 Å². The Morgan fingerprint density at radius 1 is 1.04 bits per heavy atom. The van der Waals surface area contributed by atoms with Crippen molar-refractivity contribution in [1.82, 2.24) is 10.3 Å². The molecule has 0 fully saturated rings. The Kier molecular flexibility index (Phi) is 5.42. The molecule has 0 unspecified atom stereocenters. The maximum Gasteiger partial charge on any atom is 0.416 e. The topological polar surface area (TPSA) is 24.9 Å². The van der Waals surface area contributed by atoms with Gasteiger partial charge < -0.3 is 5.32 Å². The fourth-order valence-corrected chi connectivity index (χ4v) is 3.41. The lowest BCUT2D eigenvalue weighted by atomic mass is 10.1. The summed E-state index contributed by atoms with van der Waals surface area (Å²) in [6, 6.07) is 12.8. The average Bonchev–Trinajstić information content (AvgIpc) is 3.03. The number of benzene rings is 2. The SMILES string of the molecule is FC(F)(F)c1cccc(CNCc2ncc(-c3cccc(Cl)c3)s2)c1. The molecule has 0 radical (unpaired) electrons. The lowest BCUT2D eigenvalue weighted by Crippen LogP contribution is -2.13. The molecule has 0 saturated heterocycles. The van der Waals surface area contributed by atoms with Crippen LogP contribution >= 0.6 is 22.9 Å². The maximum atomic E-state index is 12.7. The van der Waals surface area contributed by atoms with Gasteiger partial charge in [0, 0.05) is 24.3 Å². The molecule has 130 valence electrons. The number of alkyl halides is 3. The number of aromatic nitrogens is 1. The van der Waals surface area contributed by atoms with E-state index in [0.29, 0.717) is 23.7 Å². The molecule has 25 heavy (non-hydrogen) atoms. The minimum Gasteiger partial charge on any atom is -0.306 e. The molecule has 2 nitrogen and oxygen atoms in total. The van der Waals surface area contributed by atoms with Crippen molar-refractivity contribution in [1.29, 1.82) is 0 Å². The van der Waals surface area contributed by atoms with Gasteiger partial charge in [0.2, 0.25) is 0 Å². The Morgan fingerprint density at radius 3 is 2.60 bits per heavy atom. The number of rotatable bonds is 5. The van der Waals surface area contributed by atoms with Crippen molar-refractivity contribution < 1.29 is 13.2 Å². The first-order valence-corrected chi connectivity index (χ1v) is 8.69. The number of nitrogens with one attached hydrogen (secondary N) is 1. The molecule has 2 aromatic carbocycles. The second-order valence-corrected chi connectivity index (χ2v) is 6.98. The van der Waals surface area contributed by atoms with Crippen LogP contribution in [0.25, 0.3) is 10.4 Å². The van der Waals surface area contributed by atoms with E-state index in [1.165, 1.54) is 17.4 Å². The molecule has 1 N–H and O–H groups in total. The predicted octanol–water partition coefficient (Wildman–Crippen LogP) is 5.77. The van der Waals surface area contributed by atoms with Crippen LogP contribution < -0.4 is 5.32 Å². The van der Waals surface area contributed by atoms with Gasteiger partial charge in [0.1, 0.15) is 5.01 Å². The highest BCUT2D eigenvalue weighted by Gasteiger charge is 2.30. The van der Waals surface area contributed by atoms with Gasteiger partial charge in [-0.1, -0.05) is 41.9 Å². The summed E-state index contributed by atoms with van der Waals surface area (Å²) in [5.74, 6) is 0. The Morgan fingerprint density at radius 2 is 1.84 bits per heavy atom. The van der Waals surface area contributed by atoms with E-state index < -0.39 is 11.7 Å². The van der Waals surface area contributed by atoms with Crippen LogP contribution in [-0.2, 0) is 19.3 Å². The molecule has 3 rings (SSSR count). The van der Waals surface area contributed by atoms with Gasteiger partial charge in [0.15, 0.2) is 0 Å². The van der Waals surface area contributed by atoms with Crippen molar-refractivity contribution in [2.45, 2.75) is 19.3 Å². The summed E-state index contributed by atoms with van der Waals surface area (Å²) in [5, 5.41) is 4.65. The number of hydrogen-bond acceptors (Lipinski definition) is 3. The highest BCUT2D eigenvalue weighted by atomic mass is 35.5. The average molecular weight is 383 g/mol. The first-order valence-electron chi connectivity index (χ1n) is 7.49. The van der Waals surface area contributed by atoms with Gasteiger partial charge in [-0.25, -0.2) is 4.98 Å². The lowest BCUT2D eigenvalue weighted by Gasteiger charge is -2.09. The van der Waals surface area contributed by atoms with E-state index in [-0.39, 0.29) is 0 Å². The van der Waals surface area contributed by atoms with Crippen molar-refractivity contribution in [3.63, 3.8) is 0 Å². The molecule has 0 aliphatic heterocycles. The Bertz CT molecular complexity index is 861. The summed E-state index contributed by atoms with van der Waals surface area (Å²) in [6.07, 6.45) is -2.55. The second-order valence-electron chi connectivity index (χ2n) is 5.43. The van der Waals surface area contributed by atoms with Gasteiger partial charge in [-0.2, -0.15) is 13.2 Å². The molecule has 1 heterocycles. The molecule has 0 saturated carbocycles. The molecule has 0 atom stereocenters. The molecule has 1 aromatic heterocycles. The summed E-state index contributed by atoms with van der Waals surface area (Å²) < 4.78 is 38.1. The molecule has 0 bridgehead atoms. The van der Waals surface area contributed by atoms with E-state index in [2.05, 4.69) is 10.3 Å². The van der Waals surface area contributed by atoms with Gasteiger partial charge in [-0.05, 0) is 29.3 Å². The van der Waals surface area contributed by atoms with Crippen molar-refractivity contribution in [3.8, 4) is 10.4 Å². The number of hydrogen-bond donors (Lipinski definition) is 1. The maximum absolute atomic E-state index is 12.7. The van der Waals surface area contributed by atoms with Crippen LogP contribution in [0.3, 0.4) is 0 Å². The third-order valence-corrected chi connectivity index (χ3v) is 4.80. The molecule has 0 spiro atoms. The van der Waals surface area contributed by atoms with E-state index in [0.717, 1.165) is 27.6 Å². The van der Waals surface area contributed by atoms with Gasteiger partial charge in [-0.15, -0.1) is 11.3 Å². The third kappa shape index (κ3) is 4.81. The van der Waals surface area contributed by atoms with E-state index in [4.69, 9.17) is 11.6 Å². The fraction of sp³-hybridized carbons (Fsp3) is 0.167. The molecular formula is C18H14ClF3N2S. The van der Waals surface area contributed by atoms with Crippen LogP contribution in [0.2, 0.25) is 5.02 Å². The summed E-state index contributed by atoms with van der Waals surface area (Å²) >= 11 is 7.51. The molecule has 0 aliphatic rings. The van der Waals surface area contributed by atoms with E-state index in [1.54, 1.807) is 12.3 Å². The first-order chi connectivity index (χ1) is 11.9. The smallest absolute Gasteiger partial charge is 0.306 e. The normalized spacial score (nSPS) is 11.7. The summed E-state index contributed by atoms with van der Waals surface area (Å²) in [4.78, 5) is 5.34. The largest absolute Gasteiger partial charge is 0.416 e. The van der Waals surface area contributed by atoms with E-state index >= 15 is 0 Å². The van der Waals surface area contributed by atoms with Crippen LogP contribution in [0.5, 0.6) is 0 Å². The summed E-state index contributed by atoms with van der Waals surface area (Å²) in [6.45, 7) is 0.831. The second kappa shape index (κ2) is 7.56. The molecule has 0 aliphatic carbocycles. The fourth-order valence-electron chi connectivity index (χ4n) is 2.34. The minimum atomic E-state index is -4.32. The molecule has 3 aromatic rings. The number of thiazole rings is 1. The van der Waals surface area contributed by atoms with E-state index in [9.17, 15) is 13.2 Å².